The molecule has 1 aromatic heterocycles. The highest BCUT2D eigenvalue weighted by molar-refractivity contribution is 6.32. The van der Waals surface area contributed by atoms with Gasteiger partial charge >= 0.3 is 0 Å². The summed E-state index contributed by atoms with van der Waals surface area (Å²) in [6.45, 7) is 15.6. The summed E-state index contributed by atoms with van der Waals surface area (Å²) in [4.78, 5) is 13.4. The number of ether oxygens (including phenoxy) is 1. The molecule has 2 rings (SSSR count). The maximum Gasteiger partial charge on any atom is 0.223 e. The third kappa shape index (κ3) is 4.67. The fourth-order valence-corrected chi connectivity index (χ4v) is 3.43. The summed E-state index contributed by atoms with van der Waals surface area (Å²) in [5.74, 6) is 0.825. The molecule has 2 aromatic rings. The first-order valence-corrected chi connectivity index (χ1v) is 10.2. The van der Waals surface area contributed by atoms with E-state index in [0.29, 0.717) is 41.1 Å². The highest BCUT2D eigenvalue weighted by Crippen LogP contribution is 2.33. The smallest absolute Gasteiger partial charge is 0.223 e. The van der Waals surface area contributed by atoms with Gasteiger partial charge in [0.25, 0.3) is 0 Å². The van der Waals surface area contributed by atoms with Crippen LogP contribution in [0.4, 0.5) is 0 Å². The zero-order valence-corrected chi connectivity index (χ0v) is 18.8. The van der Waals surface area contributed by atoms with Crippen LogP contribution in [0.5, 0.6) is 5.88 Å². The molecule has 0 unspecified atom stereocenters. The maximum absolute atomic E-state index is 13.4. The van der Waals surface area contributed by atoms with Gasteiger partial charge in [0.15, 0.2) is 5.78 Å². The Morgan fingerprint density at radius 2 is 1.89 bits per heavy atom. The molecule has 1 aromatic carbocycles. The van der Waals surface area contributed by atoms with Crippen molar-refractivity contribution in [3.05, 3.63) is 51.2 Å². The van der Waals surface area contributed by atoms with Gasteiger partial charge in [-0.25, -0.2) is 4.68 Å². The van der Waals surface area contributed by atoms with Crippen molar-refractivity contribution in [3.8, 4) is 5.88 Å². The van der Waals surface area contributed by atoms with Gasteiger partial charge in [-0.15, -0.1) is 0 Å². The van der Waals surface area contributed by atoms with Gasteiger partial charge in [0.2, 0.25) is 5.88 Å². The molecule has 0 aliphatic carbocycles. The molecule has 0 amide bonds. The Bertz CT molecular complexity index is 890. The van der Waals surface area contributed by atoms with E-state index < -0.39 is 0 Å². The van der Waals surface area contributed by atoms with Crippen molar-refractivity contribution < 1.29 is 9.53 Å². The SMILES string of the molecule is CCCn1ncc(C(=O)c2ccc(Cl)c(C(C)=C(C)C)c2C)c1OCC(C)C. The molecular formula is C23H31ClN2O2. The van der Waals surface area contributed by atoms with Crippen LogP contribution in [0.15, 0.2) is 23.9 Å². The van der Waals surface area contributed by atoms with Gasteiger partial charge in [-0.2, -0.15) is 5.10 Å². The maximum atomic E-state index is 13.4. The summed E-state index contributed by atoms with van der Waals surface area (Å²) in [7, 11) is 0. The first-order chi connectivity index (χ1) is 13.2. The second-order valence-corrected chi connectivity index (χ2v) is 8.25. The molecule has 0 saturated carbocycles. The molecule has 0 atom stereocenters. The van der Waals surface area contributed by atoms with Crippen LogP contribution >= 0.6 is 11.6 Å². The van der Waals surface area contributed by atoms with E-state index in [4.69, 9.17) is 16.3 Å². The first kappa shape index (κ1) is 22.2. The summed E-state index contributed by atoms with van der Waals surface area (Å²) in [6.07, 6.45) is 2.53. The largest absolute Gasteiger partial charge is 0.477 e. The lowest BCUT2D eigenvalue weighted by Gasteiger charge is -2.16. The molecule has 0 spiro atoms. The predicted octanol–water partition coefficient (Wildman–Crippen LogP) is 6.33. The molecule has 0 radical (unpaired) electrons. The number of benzene rings is 1. The Morgan fingerprint density at radius 1 is 1.21 bits per heavy atom. The Labute approximate surface area is 173 Å². The number of ketones is 1. The van der Waals surface area contributed by atoms with Gasteiger partial charge in [0.05, 0.1) is 12.8 Å². The van der Waals surface area contributed by atoms with Gasteiger partial charge in [-0.3, -0.25) is 4.79 Å². The van der Waals surface area contributed by atoms with E-state index in [-0.39, 0.29) is 5.78 Å². The molecule has 0 aliphatic rings. The second kappa shape index (κ2) is 9.42. The lowest BCUT2D eigenvalue weighted by molar-refractivity contribution is 0.103. The van der Waals surface area contributed by atoms with Crippen molar-refractivity contribution in [2.75, 3.05) is 6.61 Å². The minimum Gasteiger partial charge on any atom is -0.477 e. The Hall–Kier alpha value is -2.07. The number of nitrogens with zero attached hydrogens (tertiary/aromatic N) is 2. The van der Waals surface area contributed by atoms with Crippen molar-refractivity contribution in [3.63, 3.8) is 0 Å². The van der Waals surface area contributed by atoms with Crippen molar-refractivity contribution in [2.24, 2.45) is 5.92 Å². The highest BCUT2D eigenvalue weighted by Gasteiger charge is 2.24. The second-order valence-electron chi connectivity index (χ2n) is 7.84. The minimum absolute atomic E-state index is 0.0851. The Balaban J connectivity index is 2.55. The molecule has 0 aliphatic heterocycles. The third-order valence-electron chi connectivity index (χ3n) is 4.81. The van der Waals surface area contributed by atoms with Crippen LogP contribution in [0.3, 0.4) is 0 Å². The van der Waals surface area contributed by atoms with Gasteiger partial charge < -0.3 is 4.74 Å². The molecule has 4 nitrogen and oxygen atoms in total. The van der Waals surface area contributed by atoms with Crippen molar-refractivity contribution in [1.29, 1.82) is 0 Å². The first-order valence-electron chi connectivity index (χ1n) is 9.85. The highest BCUT2D eigenvalue weighted by atomic mass is 35.5. The number of halogens is 1. The van der Waals surface area contributed by atoms with Gasteiger partial charge in [0.1, 0.15) is 5.56 Å². The zero-order valence-electron chi connectivity index (χ0n) is 18.0. The van der Waals surface area contributed by atoms with Crippen LogP contribution in [-0.4, -0.2) is 22.2 Å². The Kier molecular flexibility index (Phi) is 7.48. The van der Waals surface area contributed by atoms with Crippen LogP contribution in [-0.2, 0) is 6.54 Å². The van der Waals surface area contributed by atoms with E-state index in [9.17, 15) is 4.79 Å². The molecule has 0 fully saturated rings. The summed E-state index contributed by atoms with van der Waals surface area (Å²) >= 11 is 6.47. The average molecular weight is 403 g/mol. The third-order valence-corrected chi connectivity index (χ3v) is 5.12. The van der Waals surface area contributed by atoms with Crippen LogP contribution < -0.4 is 4.74 Å². The standard InChI is InChI=1S/C23H31ClN2O2/c1-8-11-26-23(28-13-14(2)3)19(12-25-26)22(27)18-9-10-20(24)21(17(18)7)16(6)15(4)5/h9-10,12,14H,8,11,13H2,1-7H3. The molecule has 0 bridgehead atoms. The van der Waals surface area contributed by atoms with E-state index in [0.717, 1.165) is 23.1 Å². The topological polar surface area (TPSA) is 44.1 Å². The molecule has 152 valence electrons. The van der Waals surface area contributed by atoms with Gasteiger partial charge in [-0.1, -0.05) is 37.9 Å². The number of carbonyl (C=O) groups excluding carboxylic acids is 1. The Morgan fingerprint density at radius 3 is 2.46 bits per heavy atom. The number of aryl methyl sites for hydroxylation is 1. The van der Waals surface area contributed by atoms with Crippen molar-refractivity contribution in [2.45, 2.75) is 61.4 Å². The predicted molar refractivity (Wildman–Crippen MR) is 116 cm³/mol. The zero-order chi connectivity index (χ0) is 21.0. The number of carbonyl (C=O) groups is 1. The number of aromatic nitrogens is 2. The van der Waals surface area contributed by atoms with Crippen LogP contribution in [0.25, 0.3) is 5.57 Å². The molecule has 5 heteroatoms. The van der Waals surface area contributed by atoms with E-state index in [1.165, 1.54) is 5.57 Å². The molecule has 0 saturated heterocycles. The monoisotopic (exact) mass is 402 g/mol. The summed E-state index contributed by atoms with van der Waals surface area (Å²) in [5, 5.41) is 5.06. The van der Waals surface area contributed by atoms with Crippen molar-refractivity contribution in [1.82, 2.24) is 9.78 Å². The van der Waals surface area contributed by atoms with Crippen LogP contribution in [0.1, 0.15) is 75.0 Å². The average Bonchev–Trinajstić information content (AvgIpc) is 3.02. The summed E-state index contributed by atoms with van der Waals surface area (Å²) in [6, 6.07) is 3.60. The van der Waals surface area contributed by atoms with Gasteiger partial charge in [0, 0.05) is 17.1 Å². The number of allylic oxidation sites excluding steroid dienone is 2. The minimum atomic E-state index is -0.0851. The summed E-state index contributed by atoms with van der Waals surface area (Å²) in [5.41, 5.74) is 5.21. The van der Waals surface area contributed by atoms with E-state index >= 15 is 0 Å². The number of rotatable bonds is 8. The normalized spacial score (nSPS) is 11.0. The molecule has 1 heterocycles. The molecule has 28 heavy (non-hydrogen) atoms. The number of hydrogen-bond acceptors (Lipinski definition) is 3. The molecular weight excluding hydrogens is 372 g/mol. The summed E-state index contributed by atoms with van der Waals surface area (Å²) < 4.78 is 7.77. The lowest BCUT2D eigenvalue weighted by atomic mass is 9.92. The van der Waals surface area contributed by atoms with Crippen LogP contribution in [0.2, 0.25) is 5.02 Å². The van der Waals surface area contributed by atoms with E-state index in [1.807, 2.05) is 27.7 Å². The van der Waals surface area contributed by atoms with Crippen LogP contribution in [0, 0.1) is 12.8 Å². The number of hydrogen-bond donors (Lipinski definition) is 0. The van der Waals surface area contributed by atoms with Gasteiger partial charge in [-0.05, 0) is 68.9 Å². The fourth-order valence-electron chi connectivity index (χ4n) is 3.08. The lowest BCUT2D eigenvalue weighted by Crippen LogP contribution is -2.13. The molecule has 0 N–H and O–H groups in total. The van der Waals surface area contributed by atoms with Crippen molar-refractivity contribution >= 4 is 23.0 Å². The van der Waals surface area contributed by atoms with E-state index in [1.54, 1.807) is 23.0 Å². The fraction of sp³-hybridized carbons (Fsp3) is 0.478. The quantitative estimate of drug-likeness (QED) is 0.484. The van der Waals surface area contributed by atoms with E-state index in [2.05, 4.69) is 25.9 Å².